The van der Waals surface area contributed by atoms with Crippen molar-refractivity contribution in [2.24, 2.45) is 0 Å². The van der Waals surface area contributed by atoms with Crippen LogP contribution in [-0.4, -0.2) is 27.2 Å². The number of benzene rings is 1. The van der Waals surface area contributed by atoms with E-state index in [9.17, 15) is 4.39 Å². The van der Waals surface area contributed by atoms with Crippen molar-refractivity contribution in [3.63, 3.8) is 0 Å². The molecular formula is C22H33FN2OS. The van der Waals surface area contributed by atoms with E-state index < -0.39 is 0 Å². The lowest BCUT2D eigenvalue weighted by Crippen LogP contribution is -2.19. The molecule has 1 aromatic carbocycles. The first-order valence-electron chi connectivity index (χ1n) is 10.2. The average Bonchev–Trinajstić information content (AvgIpc) is 3.18. The number of thioether (sulfide) groups is 1. The quantitative estimate of drug-likeness (QED) is 0.343. The highest BCUT2D eigenvalue weighted by Gasteiger charge is 2.11. The molecule has 0 N–H and O–H groups in total. The van der Waals surface area contributed by atoms with Crippen LogP contribution in [-0.2, 0) is 17.9 Å². The van der Waals surface area contributed by atoms with E-state index in [2.05, 4.69) is 16.5 Å². The lowest BCUT2D eigenvalue weighted by molar-refractivity contribution is 0.119. The molecule has 0 aliphatic rings. The lowest BCUT2D eigenvalue weighted by atomic mass is 10.1. The summed E-state index contributed by atoms with van der Waals surface area (Å²) in [5, 5.41) is 0.403. The number of unbranched alkanes of at least 4 members (excludes halogenated alkanes) is 6. The van der Waals surface area contributed by atoms with Gasteiger partial charge in [0.1, 0.15) is 5.82 Å². The molecule has 1 aromatic heterocycles. The summed E-state index contributed by atoms with van der Waals surface area (Å²) in [5.41, 5.74) is 1.01. The van der Waals surface area contributed by atoms with E-state index >= 15 is 0 Å². The van der Waals surface area contributed by atoms with Gasteiger partial charge in [-0.25, -0.2) is 9.37 Å². The molecule has 0 bridgehead atoms. The minimum atomic E-state index is -0.206. The summed E-state index contributed by atoms with van der Waals surface area (Å²) in [7, 11) is 0. The van der Waals surface area contributed by atoms with Crippen LogP contribution in [0.15, 0.2) is 43.0 Å². The fourth-order valence-electron chi connectivity index (χ4n) is 2.98. The molecule has 1 atom stereocenters. The Morgan fingerprint density at radius 2 is 1.81 bits per heavy atom. The van der Waals surface area contributed by atoms with Crippen LogP contribution in [0.2, 0.25) is 0 Å². The summed E-state index contributed by atoms with van der Waals surface area (Å²) >= 11 is 1.99. The van der Waals surface area contributed by atoms with Gasteiger partial charge in [0.25, 0.3) is 0 Å². The van der Waals surface area contributed by atoms with Gasteiger partial charge < -0.3 is 9.30 Å². The van der Waals surface area contributed by atoms with Crippen LogP contribution in [0, 0.1) is 5.82 Å². The average molecular weight is 393 g/mol. The van der Waals surface area contributed by atoms with Crippen LogP contribution < -0.4 is 0 Å². The van der Waals surface area contributed by atoms with Gasteiger partial charge in [0, 0.05) is 24.2 Å². The largest absolute Gasteiger partial charge is 0.376 e. The minimum absolute atomic E-state index is 0.206. The Kier molecular flexibility index (Phi) is 11.2. The van der Waals surface area contributed by atoms with E-state index in [1.807, 2.05) is 30.5 Å². The molecule has 0 saturated carbocycles. The molecule has 0 radical (unpaired) electrons. The van der Waals surface area contributed by atoms with E-state index in [-0.39, 0.29) is 5.82 Å². The topological polar surface area (TPSA) is 27.1 Å². The Morgan fingerprint density at radius 3 is 2.52 bits per heavy atom. The fraction of sp³-hybridized carbons (Fsp3) is 0.591. The third-order valence-electron chi connectivity index (χ3n) is 4.56. The number of hydrogen-bond donors (Lipinski definition) is 0. The Morgan fingerprint density at radius 1 is 1.07 bits per heavy atom. The van der Waals surface area contributed by atoms with Crippen molar-refractivity contribution in [2.75, 3.05) is 12.4 Å². The lowest BCUT2D eigenvalue weighted by Gasteiger charge is -2.17. The molecule has 1 heterocycles. The Bertz CT molecular complexity index is 589. The molecule has 0 aliphatic heterocycles. The number of halogens is 1. The highest BCUT2D eigenvalue weighted by molar-refractivity contribution is 7.99. The van der Waals surface area contributed by atoms with Gasteiger partial charge >= 0.3 is 0 Å². The van der Waals surface area contributed by atoms with E-state index in [1.165, 1.54) is 62.8 Å². The van der Waals surface area contributed by atoms with Crippen molar-refractivity contribution < 1.29 is 9.13 Å². The second-order valence-electron chi connectivity index (χ2n) is 7.02. The van der Waals surface area contributed by atoms with Gasteiger partial charge in [-0.1, -0.05) is 57.6 Å². The highest BCUT2D eigenvalue weighted by atomic mass is 32.2. The zero-order valence-corrected chi connectivity index (χ0v) is 17.3. The first-order chi connectivity index (χ1) is 13.3. The van der Waals surface area contributed by atoms with Gasteiger partial charge in [-0.3, -0.25) is 0 Å². The van der Waals surface area contributed by atoms with Gasteiger partial charge in [-0.15, -0.1) is 0 Å². The van der Waals surface area contributed by atoms with Crippen molar-refractivity contribution in [2.45, 2.75) is 70.3 Å². The summed E-state index contributed by atoms with van der Waals surface area (Å²) in [6.45, 7) is 4.38. The van der Waals surface area contributed by atoms with Crippen LogP contribution in [0.25, 0.3) is 0 Å². The molecule has 27 heavy (non-hydrogen) atoms. The third-order valence-corrected chi connectivity index (χ3v) is 5.84. The van der Waals surface area contributed by atoms with Crippen molar-refractivity contribution in [3.8, 4) is 0 Å². The monoisotopic (exact) mass is 392 g/mol. The molecule has 1 unspecified atom stereocenters. The molecule has 0 aliphatic carbocycles. The van der Waals surface area contributed by atoms with Gasteiger partial charge in [-0.2, -0.15) is 11.8 Å². The molecule has 2 rings (SSSR count). The molecule has 0 amide bonds. The molecule has 0 fully saturated rings. The summed E-state index contributed by atoms with van der Waals surface area (Å²) in [5.74, 6) is 0.967. The van der Waals surface area contributed by atoms with Gasteiger partial charge in [0.15, 0.2) is 0 Å². The maximum absolute atomic E-state index is 13.0. The maximum Gasteiger partial charge on any atom is 0.123 e. The summed E-state index contributed by atoms with van der Waals surface area (Å²) in [4.78, 5) is 4.13. The summed E-state index contributed by atoms with van der Waals surface area (Å²) in [6, 6.07) is 6.53. The van der Waals surface area contributed by atoms with E-state index in [0.29, 0.717) is 18.5 Å². The number of nitrogens with zero attached hydrogens (tertiary/aromatic N) is 2. The Balaban J connectivity index is 1.66. The minimum Gasteiger partial charge on any atom is -0.376 e. The smallest absolute Gasteiger partial charge is 0.123 e. The first kappa shape index (κ1) is 22.0. The molecule has 5 heteroatoms. The third kappa shape index (κ3) is 9.96. The van der Waals surface area contributed by atoms with Gasteiger partial charge in [0.05, 0.1) is 19.5 Å². The predicted molar refractivity (Wildman–Crippen MR) is 113 cm³/mol. The number of imidazole rings is 1. The van der Waals surface area contributed by atoms with E-state index in [1.54, 1.807) is 12.1 Å². The number of rotatable bonds is 15. The second kappa shape index (κ2) is 13.8. The van der Waals surface area contributed by atoms with Crippen molar-refractivity contribution in [1.29, 1.82) is 0 Å². The molecule has 3 nitrogen and oxygen atoms in total. The Labute approximate surface area is 167 Å². The summed E-state index contributed by atoms with van der Waals surface area (Å²) in [6.07, 6.45) is 15.1. The zero-order chi connectivity index (χ0) is 19.2. The molecular weight excluding hydrogens is 359 g/mol. The SMILES string of the molecule is CCCCCCCCCSC(COCc1ccc(F)cc1)Cn1ccnc1. The van der Waals surface area contributed by atoms with Gasteiger partial charge in [-0.05, 0) is 29.9 Å². The van der Waals surface area contributed by atoms with Crippen molar-refractivity contribution in [1.82, 2.24) is 9.55 Å². The Hall–Kier alpha value is -1.33. The van der Waals surface area contributed by atoms with Crippen LogP contribution in [0.5, 0.6) is 0 Å². The van der Waals surface area contributed by atoms with Crippen LogP contribution in [0.3, 0.4) is 0 Å². The highest BCUT2D eigenvalue weighted by Crippen LogP contribution is 2.18. The molecule has 150 valence electrons. The van der Waals surface area contributed by atoms with Crippen molar-refractivity contribution >= 4 is 11.8 Å². The normalized spacial score (nSPS) is 12.4. The fourth-order valence-corrected chi connectivity index (χ4v) is 4.16. The number of aromatic nitrogens is 2. The zero-order valence-electron chi connectivity index (χ0n) is 16.5. The van der Waals surface area contributed by atoms with Crippen LogP contribution in [0.4, 0.5) is 4.39 Å². The molecule has 0 spiro atoms. The van der Waals surface area contributed by atoms with Crippen molar-refractivity contribution in [3.05, 3.63) is 54.4 Å². The van der Waals surface area contributed by atoms with E-state index in [0.717, 1.165) is 12.1 Å². The van der Waals surface area contributed by atoms with E-state index in [4.69, 9.17) is 4.74 Å². The van der Waals surface area contributed by atoms with Crippen LogP contribution >= 0.6 is 11.8 Å². The summed E-state index contributed by atoms with van der Waals surface area (Å²) < 4.78 is 21.0. The number of hydrogen-bond acceptors (Lipinski definition) is 3. The first-order valence-corrected chi connectivity index (χ1v) is 11.2. The standard InChI is InChI=1S/C22H33FN2OS/c1-2-3-4-5-6-7-8-15-27-22(16-25-14-13-24-19-25)18-26-17-20-9-11-21(23)12-10-20/h9-14,19,22H,2-8,15-18H2,1H3. The predicted octanol–water partition coefficient (Wildman–Crippen LogP) is 6.09. The van der Waals surface area contributed by atoms with Crippen LogP contribution in [0.1, 0.15) is 57.4 Å². The molecule has 0 saturated heterocycles. The molecule has 2 aromatic rings. The second-order valence-corrected chi connectivity index (χ2v) is 8.42. The number of ether oxygens (including phenoxy) is 1. The maximum atomic E-state index is 13.0. The van der Waals surface area contributed by atoms with Gasteiger partial charge in [0.2, 0.25) is 0 Å².